The van der Waals surface area contributed by atoms with Crippen molar-refractivity contribution in [1.82, 2.24) is 4.90 Å². The Morgan fingerprint density at radius 2 is 1.90 bits per heavy atom. The number of furan rings is 1. The molecule has 0 spiro atoms. The van der Waals surface area contributed by atoms with Gasteiger partial charge in [0.15, 0.2) is 0 Å². The standard InChI is InChI=1S/C14H14F3NO.C2H6/c1-18-6-2-3-12-11(8-18)10-5-4-9(14(15,16)17)7-13(10)19-12;1-2/h4-5,7H,2-3,6,8H2,1H3;1-2H3. The molecule has 0 bridgehead atoms. The van der Waals surface area contributed by atoms with E-state index in [-0.39, 0.29) is 0 Å². The van der Waals surface area contributed by atoms with E-state index in [1.54, 1.807) is 0 Å². The fourth-order valence-electron chi connectivity index (χ4n) is 2.61. The smallest absolute Gasteiger partial charge is 0.416 e. The topological polar surface area (TPSA) is 16.4 Å². The SMILES string of the molecule is CC.CN1CCCc2oc3cc(C(F)(F)F)ccc3c2C1. The minimum atomic E-state index is -4.32. The lowest BCUT2D eigenvalue weighted by Crippen LogP contribution is -2.17. The molecule has 0 N–H and O–H groups in total. The van der Waals surface area contributed by atoms with E-state index < -0.39 is 11.7 Å². The zero-order valence-electron chi connectivity index (χ0n) is 12.5. The molecule has 1 aromatic carbocycles. The van der Waals surface area contributed by atoms with Gasteiger partial charge in [-0.05, 0) is 32.1 Å². The molecule has 0 saturated heterocycles. The molecule has 0 radical (unpaired) electrons. The average Bonchev–Trinajstić information content (AvgIpc) is 2.66. The summed E-state index contributed by atoms with van der Waals surface area (Å²) in [5, 5.41) is 0.803. The van der Waals surface area contributed by atoms with Crippen LogP contribution in [0, 0.1) is 0 Å². The van der Waals surface area contributed by atoms with Crippen molar-refractivity contribution in [1.29, 1.82) is 0 Å². The Labute approximate surface area is 122 Å². The molecule has 0 amide bonds. The zero-order valence-corrected chi connectivity index (χ0v) is 12.5. The van der Waals surface area contributed by atoms with E-state index in [4.69, 9.17) is 4.42 Å². The van der Waals surface area contributed by atoms with Crippen LogP contribution in [0.2, 0.25) is 0 Å². The maximum Gasteiger partial charge on any atom is 0.416 e. The number of hydrogen-bond acceptors (Lipinski definition) is 2. The van der Waals surface area contributed by atoms with Crippen molar-refractivity contribution in [2.45, 2.75) is 39.4 Å². The third-order valence-electron chi connectivity index (χ3n) is 3.58. The lowest BCUT2D eigenvalue weighted by Gasteiger charge is -2.12. The van der Waals surface area contributed by atoms with Gasteiger partial charge < -0.3 is 9.32 Å². The van der Waals surface area contributed by atoms with E-state index in [2.05, 4.69) is 4.90 Å². The summed E-state index contributed by atoms with van der Waals surface area (Å²) in [4.78, 5) is 2.17. The molecule has 2 nitrogen and oxygen atoms in total. The first-order chi connectivity index (χ1) is 9.95. The molecule has 0 saturated carbocycles. The van der Waals surface area contributed by atoms with Crippen LogP contribution in [0.15, 0.2) is 22.6 Å². The quantitative estimate of drug-likeness (QED) is 0.691. The summed E-state index contributed by atoms with van der Waals surface area (Å²) < 4.78 is 43.7. The number of benzene rings is 1. The Morgan fingerprint density at radius 3 is 2.57 bits per heavy atom. The van der Waals surface area contributed by atoms with Crippen LogP contribution in [0.3, 0.4) is 0 Å². The normalized spacial score (nSPS) is 16.1. The average molecular weight is 299 g/mol. The minimum absolute atomic E-state index is 0.343. The van der Waals surface area contributed by atoms with Crippen molar-refractivity contribution in [3.8, 4) is 0 Å². The Balaban J connectivity index is 0.000000774. The molecule has 1 aliphatic heterocycles. The number of nitrogens with zero attached hydrogens (tertiary/aromatic N) is 1. The highest BCUT2D eigenvalue weighted by molar-refractivity contribution is 5.83. The summed E-state index contributed by atoms with van der Waals surface area (Å²) in [6.07, 6.45) is -2.57. The van der Waals surface area contributed by atoms with Crippen molar-refractivity contribution in [2.24, 2.45) is 0 Å². The summed E-state index contributed by atoms with van der Waals surface area (Å²) in [6.45, 7) is 5.71. The second kappa shape index (κ2) is 6.10. The third kappa shape index (κ3) is 3.23. The van der Waals surface area contributed by atoms with Crippen molar-refractivity contribution in [3.63, 3.8) is 0 Å². The predicted octanol–water partition coefficient (Wildman–Crippen LogP) is 4.86. The largest absolute Gasteiger partial charge is 0.461 e. The molecule has 3 rings (SSSR count). The summed E-state index contributed by atoms with van der Waals surface area (Å²) in [6, 6.07) is 3.76. The van der Waals surface area contributed by atoms with Crippen LogP contribution in [0.4, 0.5) is 13.2 Å². The van der Waals surface area contributed by atoms with Gasteiger partial charge in [-0.1, -0.05) is 19.9 Å². The van der Waals surface area contributed by atoms with Gasteiger partial charge in [-0.2, -0.15) is 13.2 Å². The highest BCUT2D eigenvalue weighted by Gasteiger charge is 2.31. The fraction of sp³-hybridized carbons (Fsp3) is 0.500. The van der Waals surface area contributed by atoms with Crippen LogP contribution < -0.4 is 0 Å². The molecule has 1 aromatic heterocycles. The third-order valence-corrected chi connectivity index (χ3v) is 3.58. The summed E-state index contributed by atoms with van der Waals surface area (Å²) in [5.41, 5.74) is 0.719. The molecule has 21 heavy (non-hydrogen) atoms. The lowest BCUT2D eigenvalue weighted by atomic mass is 10.1. The molecule has 5 heteroatoms. The van der Waals surface area contributed by atoms with Crippen LogP contribution in [-0.4, -0.2) is 18.5 Å². The summed E-state index contributed by atoms with van der Waals surface area (Å²) >= 11 is 0. The van der Waals surface area contributed by atoms with Gasteiger partial charge in [0, 0.05) is 23.9 Å². The summed E-state index contributed by atoms with van der Waals surface area (Å²) in [7, 11) is 2.01. The van der Waals surface area contributed by atoms with Crippen molar-refractivity contribution >= 4 is 11.0 Å². The van der Waals surface area contributed by atoms with Gasteiger partial charge in [0.1, 0.15) is 11.3 Å². The number of rotatable bonds is 0. The predicted molar refractivity (Wildman–Crippen MR) is 77.2 cm³/mol. The van der Waals surface area contributed by atoms with Crippen LogP contribution in [0.1, 0.15) is 37.2 Å². The fourth-order valence-corrected chi connectivity index (χ4v) is 2.61. The van der Waals surface area contributed by atoms with E-state index >= 15 is 0 Å². The molecule has 2 heterocycles. The molecule has 0 aliphatic carbocycles. The van der Waals surface area contributed by atoms with Crippen molar-refractivity contribution in [3.05, 3.63) is 35.1 Å². The molecule has 0 fully saturated rings. The lowest BCUT2D eigenvalue weighted by molar-refractivity contribution is -0.137. The zero-order chi connectivity index (χ0) is 15.6. The van der Waals surface area contributed by atoms with E-state index in [1.807, 2.05) is 20.9 Å². The van der Waals surface area contributed by atoms with Gasteiger partial charge in [0.2, 0.25) is 0 Å². The van der Waals surface area contributed by atoms with Gasteiger partial charge in [-0.3, -0.25) is 0 Å². The first-order valence-electron chi connectivity index (χ1n) is 7.25. The van der Waals surface area contributed by atoms with E-state index in [0.29, 0.717) is 5.58 Å². The number of hydrogen-bond donors (Lipinski definition) is 0. The second-order valence-corrected chi connectivity index (χ2v) is 5.05. The van der Waals surface area contributed by atoms with E-state index in [1.165, 1.54) is 6.07 Å². The van der Waals surface area contributed by atoms with Gasteiger partial charge in [-0.15, -0.1) is 0 Å². The molecule has 1 aliphatic rings. The number of halogens is 3. The molecular formula is C16H20F3NO. The summed E-state index contributed by atoms with van der Waals surface area (Å²) in [5.74, 6) is 0.832. The van der Waals surface area contributed by atoms with E-state index in [0.717, 1.165) is 54.8 Å². The molecule has 2 aromatic rings. The second-order valence-electron chi connectivity index (χ2n) is 5.05. The molecular weight excluding hydrogens is 279 g/mol. The highest BCUT2D eigenvalue weighted by Crippen LogP contribution is 2.35. The molecule has 116 valence electrons. The number of aryl methyl sites for hydroxylation is 1. The van der Waals surface area contributed by atoms with Crippen molar-refractivity contribution < 1.29 is 17.6 Å². The monoisotopic (exact) mass is 299 g/mol. The molecule has 0 unspecified atom stereocenters. The Bertz CT molecular complexity index is 616. The maximum atomic E-state index is 12.7. The van der Waals surface area contributed by atoms with Gasteiger partial charge in [0.05, 0.1) is 5.56 Å². The van der Waals surface area contributed by atoms with Gasteiger partial charge >= 0.3 is 6.18 Å². The number of fused-ring (bicyclic) bond motifs is 3. The van der Waals surface area contributed by atoms with Crippen LogP contribution in [0.25, 0.3) is 11.0 Å². The van der Waals surface area contributed by atoms with Gasteiger partial charge in [0.25, 0.3) is 0 Å². The van der Waals surface area contributed by atoms with Crippen LogP contribution >= 0.6 is 0 Å². The highest BCUT2D eigenvalue weighted by atomic mass is 19.4. The van der Waals surface area contributed by atoms with Crippen LogP contribution in [0.5, 0.6) is 0 Å². The van der Waals surface area contributed by atoms with Gasteiger partial charge in [-0.25, -0.2) is 0 Å². The maximum absolute atomic E-state index is 12.7. The Hall–Kier alpha value is -1.49. The Kier molecular flexibility index (Phi) is 4.61. The Morgan fingerprint density at radius 1 is 1.19 bits per heavy atom. The van der Waals surface area contributed by atoms with Crippen LogP contribution in [-0.2, 0) is 19.1 Å². The minimum Gasteiger partial charge on any atom is -0.461 e. The van der Waals surface area contributed by atoms with Crippen molar-refractivity contribution in [2.75, 3.05) is 13.6 Å². The first kappa shape index (κ1) is 15.9. The van der Waals surface area contributed by atoms with E-state index in [9.17, 15) is 13.2 Å². The first-order valence-corrected chi connectivity index (χ1v) is 7.25. The molecule has 0 atom stereocenters. The number of alkyl halides is 3.